The molecule has 2 nitrogen and oxygen atoms in total. The molecule has 2 aromatic heterocycles. The lowest BCUT2D eigenvalue weighted by Gasteiger charge is -2.21. The van der Waals surface area contributed by atoms with Gasteiger partial charge < -0.3 is 0 Å². The normalized spacial score (nSPS) is 13.7. The Morgan fingerprint density at radius 1 is 0.742 bits per heavy atom. The number of rotatable bonds is 2. The van der Waals surface area contributed by atoms with Gasteiger partial charge in [0.05, 0.1) is 5.69 Å². The van der Waals surface area contributed by atoms with Crippen LogP contribution in [0.4, 0.5) is 0 Å². The highest BCUT2D eigenvalue weighted by Gasteiger charge is 2.38. The van der Waals surface area contributed by atoms with Gasteiger partial charge in [-0.25, -0.2) is 4.57 Å². The van der Waals surface area contributed by atoms with Crippen molar-refractivity contribution in [2.45, 2.75) is 40.0 Å². The number of benzene rings is 2. The van der Waals surface area contributed by atoms with Crippen molar-refractivity contribution in [1.82, 2.24) is 4.98 Å². The van der Waals surface area contributed by atoms with E-state index in [-0.39, 0.29) is 5.41 Å². The van der Waals surface area contributed by atoms with Crippen molar-refractivity contribution in [3.63, 3.8) is 0 Å². The number of fused-ring (bicyclic) bond motifs is 3. The van der Waals surface area contributed by atoms with Gasteiger partial charge in [-0.3, -0.25) is 4.98 Å². The third-order valence-corrected chi connectivity index (χ3v) is 6.75. The molecule has 2 aromatic carbocycles. The van der Waals surface area contributed by atoms with Gasteiger partial charge in [-0.2, -0.15) is 0 Å². The van der Waals surface area contributed by atoms with Crippen LogP contribution in [0.5, 0.6) is 0 Å². The second-order valence-corrected chi connectivity index (χ2v) is 9.47. The van der Waals surface area contributed by atoms with Gasteiger partial charge in [0.2, 0.25) is 5.69 Å². The molecule has 5 rings (SSSR count). The number of hydrogen-bond acceptors (Lipinski definition) is 1. The van der Waals surface area contributed by atoms with Crippen LogP contribution < -0.4 is 4.57 Å². The Morgan fingerprint density at radius 3 is 2.16 bits per heavy atom. The highest BCUT2D eigenvalue weighted by Crippen LogP contribution is 2.49. The van der Waals surface area contributed by atoms with Gasteiger partial charge in [-0.15, -0.1) is 0 Å². The second kappa shape index (κ2) is 6.88. The lowest BCUT2D eigenvalue weighted by Crippen LogP contribution is -2.31. The molecule has 0 bridgehead atoms. The van der Waals surface area contributed by atoms with Crippen molar-refractivity contribution < 1.29 is 4.57 Å². The van der Waals surface area contributed by atoms with E-state index in [0.29, 0.717) is 0 Å². The first-order valence-corrected chi connectivity index (χ1v) is 11.0. The summed E-state index contributed by atoms with van der Waals surface area (Å²) in [5.41, 5.74) is 13.7. The molecule has 154 valence electrons. The molecule has 0 fully saturated rings. The average molecular weight is 406 g/mol. The fourth-order valence-corrected chi connectivity index (χ4v) is 4.91. The first-order valence-electron chi connectivity index (χ1n) is 11.0. The van der Waals surface area contributed by atoms with E-state index in [1.54, 1.807) is 0 Å². The lowest BCUT2D eigenvalue weighted by molar-refractivity contribution is -0.659. The van der Waals surface area contributed by atoms with Crippen LogP contribution in [0.1, 0.15) is 41.9 Å². The molecule has 0 unspecified atom stereocenters. The second-order valence-electron chi connectivity index (χ2n) is 9.47. The molecular formula is C29H29N2+. The quantitative estimate of drug-likeness (QED) is 0.349. The van der Waals surface area contributed by atoms with Crippen LogP contribution in [0.25, 0.3) is 33.5 Å². The Bertz CT molecular complexity index is 1330. The van der Waals surface area contributed by atoms with E-state index in [2.05, 4.69) is 113 Å². The zero-order valence-corrected chi connectivity index (χ0v) is 19.2. The van der Waals surface area contributed by atoms with Crippen molar-refractivity contribution in [3.05, 3.63) is 94.9 Å². The van der Waals surface area contributed by atoms with Gasteiger partial charge in [-0.05, 0) is 61.2 Å². The maximum absolute atomic E-state index is 4.92. The molecule has 0 spiro atoms. The Morgan fingerprint density at radius 2 is 1.45 bits per heavy atom. The van der Waals surface area contributed by atoms with E-state index in [0.717, 1.165) is 5.69 Å². The van der Waals surface area contributed by atoms with Crippen LogP contribution in [-0.4, -0.2) is 4.98 Å². The molecule has 0 saturated carbocycles. The SMILES string of the molecule is Cc1ccc(-c2ccc(-c3cc4c(cc3C)C(C)(C)c3nc(C)ccc3-4)[n+](C)c2)cc1. The largest absolute Gasteiger partial charge is 0.257 e. The molecular weight excluding hydrogens is 376 g/mol. The Hall–Kier alpha value is -3.26. The number of hydrogen-bond donors (Lipinski definition) is 0. The van der Waals surface area contributed by atoms with Gasteiger partial charge in [0.25, 0.3) is 0 Å². The van der Waals surface area contributed by atoms with Crippen molar-refractivity contribution in [2.24, 2.45) is 7.05 Å². The van der Waals surface area contributed by atoms with Crippen molar-refractivity contribution in [1.29, 1.82) is 0 Å². The van der Waals surface area contributed by atoms with Crippen molar-refractivity contribution in [3.8, 4) is 33.5 Å². The molecule has 1 aliphatic rings. The monoisotopic (exact) mass is 405 g/mol. The minimum atomic E-state index is -0.0720. The summed E-state index contributed by atoms with van der Waals surface area (Å²) in [7, 11) is 2.14. The summed E-state index contributed by atoms with van der Waals surface area (Å²) < 4.78 is 2.25. The van der Waals surface area contributed by atoms with E-state index >= 15 is 0 Å². The molecule has 0 atom stereocenters. The van der Waals surface area contributed by atoms with Crippen molar-refractivity contribution >= 4 is 0 Å². The van der Waals surface area contributed by atoms with Crippen LogP contribution in [0.2, 0.25) is 0 Å². The number of pyridine rings is 2. The van der Waals surface area contributed by atoms with E-state index in [1.807, 2.05) is 0 Å². The molecule has 0 saturated heterocycles. The van der Waals surface area contributed by atoms with Gasteiger partial charge in [0, 0.05) is 33.9 Å². The zero-order chi connectivity index (χ0) is 21.9. The highest BCUT2D eigenvalue weighted by atomic mass is 14.9. The Kier molecular flexibility index (Phi) is 4.37. The molecule has 2 heteroatoms. The van der Waals surface area contributed by atoms with Gasteiger partial charge in [-0.1, -0.05) is 55.8 Å². The third-order valence-electron chi connectivity index (χ3n) is 6.75. The summed E-state index contributed by atoms with van der Waals surface area (Å²) in [6.45, 7) is 11.0. The van der Waals surface area contributed by atoms with Crippen LogP contribution in [0.3, 0.4) is 0 Å². The molecule has 0 aliphatic heterocycles. The summed E-state index contributed by atoms with van der Waals surface area (Å²) in [6, 6.07) is 22.3. The minimum Gasteiger partial charge on any atom is -0.257 e. The smallest absolute Gasteiger partial charge is 0.212 e. The van der Waals surface area contributed by atoms with Crippen LogP contribution in [0, 0.1) is 20.8 Å². The molecule has 0 amide bonds. The molecule has 2 heterocycles. The lowest BCUT2D eigenvalue weighted by atomic mass is 9.83. The Balaban J connectivity index is 1.64. The van der Waals surface area contributed by atoms with E-state index in [4.69, 9.17) is 4.98 Å². The van der Waals surface area contributed by atoms with Gasteiger partial charge in [0.15, 0.2) is 6.20 Å². The summed E-state index contributed by atoms with van der Waals surface area (Å²) in [5.74, 6) is 0. The maximum Gasteiger partial charge on any atom is 0.212 e. The van der Waals surface area contributed by atoms with Crippen LogP contribution in [0.15, 0.2) is 66.9 Å². The maximum atomic E-state index is 4.92. The topological polar surface area (TPSA) is 16.8 Å². The van der Waals surface area contributed by atoms with Crippen LogP contribution >= 0.6 is 0 Å². The zero-order valence-electron chi connectivity index (χ0n) is 19.2. The van der Waals surface area contributed by atoms with E-state index < -0.39 is 0 Å². The average Bonchev–Trinajstić information content (AvgIpc) is 2.94. The molecule has 4 aromatic rings. The van der Waals surface area contributed by atoms with E-state index in [9.17, 15) is 0 Å². The summed E-state index contributed by atoms with van der Waals surface area (Å²) in [4.78, 5) is 4.92. The minimum absolute atomic E-state index is 0.0720. The van der Waals surface area contributed by atoms with E-state index in [1.165, 1.54) is 55.9 Å². The standard InChI is InChI=1S/C29H29N2/c1-18-7-10-21(11-8-18)22-12-14-27(31(6)17-22)24-16-25-23-13-9-20(3)30-28(23)29(4,5)26(25)15-19(24)2/h7-17H,1-6H3/q+1. The summed E-state index contributed by atoms with van der Waals surface area (Å²) >= 11 is 0. The summed E-state index contributed by atoms with van der Waals surface area (Å²) in [5, 5.41) is 0. The number of aromatic nitrogens is 2. The predicted octanol–water partition coefficient (Wildman–Crippen LogP) is 6.47. The predicted molar refractivity (Wildman–Crippen MR) is 128 cm³/mol. The molecule has 1 aliphatic carbocycles. The fraction of sp³-hybridized carbons (Fsp3) is 0.241. The molecule has 31 heavy (non-hydrogen) atoms. The number of nitrogens with zero attached hydrogens (tertiary/aromatic N) is 2. The van der Waals surface area contributed by atoms with Crippen molar-refractivity contribution in [2.75, 3.05) is 0 Å². The van der Waals surface area contributed by atoms with Gasteiger partial charge in [0.1, 0.15) is 7.05 Å². The third kappa shape index (κ3) is 3.09. The molecule has 0 radical (unpaired) electrons. The Labute approximate surface area is 185 Å². The highest BCUT2D eigenvalue weighted by molar-refractivity contribution is 5.84. The fourth-order valence-electron chi connectivity index (χ4n) is 4.91. The van der Waals surface area contributed by atoms with Gasteiger partial charge >= 0.3 is 0 Å². The first-order chi connectivity index (χ1) is 14.8. The summed E-state index contributed by atoms with van der Waals surface area (Å²) in [6.07, 6.45) is 2.23. The first kappa shape index (κ1) is 19.7. The van der Waals surface area contributed by atoms with Crippen LogP contribution in [-0.2, 0) is 12.5 Å². The molecule has 0 N–H and O–H groups in total. The number of aryl methyl sites for hydroxylation is 4.